The summed E-state index contributed by atoms with van der Waals surface area (Å²) in [6.45, 7) is 9.58. The minimum absolute atomic E-state index is 0.245. The van der Waals surface area contributed by atoms with Crippen LogP contribution in [0.15, 0.2) is 24.3 Å². The number of esters is 2. The predicted octanol–water partition coefficient (Wildman–Crippen LogP) is 3.76. The Morgan fingerprint density at radius 3 is 1.75 bits per heavy atom. The Morgan fingerprint density at radius 1 is 0.875 bits per heavy atom. The molecule has 0 saturated carbocycles. The van der Waals surface area contributed by atoms with Crippen molar-refractivity contribution in [2.45, 2.75) is 34.6 Å². The van der Waals surface area contributed by atoms with E-state index in [2.05, 4.69) is 0 Å². The lowest BCUT2D eigenvalue weighted by molar-refractivity contribution is 0.0479. The van der Waals surface area contributed by atoms with Crippen LogP contribution in [0.3, 0.4) is 0 Å². The van der Waals surface area contributed by atoms with E-state index in [4.69, 9.17) is 9.47 Å². The van der Waals surface area contributed by atoms with Crippen molar-refractivity contribution in [2.24, 2.45) is 0 Å². The number of hydrogen-bond donors (Lipinski definition) is 0. The standard InChI is InChI=1S/C19H23NO4/c1-6-23-18(21)16-13(4)20(15-11-9-8-10-12(15)3)14(5)17(16)19(22)24-7-2/h8-11H,6-7H2,1-5H3. The molecule has 128 valence electrons. The molecule has 5 nitrogen and oxygen atoms in total. The first kappa shape index (κ1) is 17.8. The van der Waals surface area contributed by atoms with Crippen molar-refractivity contribution in [1.82, 2.24) is 4.57 Å². The number of para-hydroxylation sites is 1. The number of nitrogens with zero attached hydrogens (tertiary/aromatic N) is 1. The molecular formula is C19H23NO4. The van der Waals surface area contributed by atoms with Crippen molar-refractivity contribution in [3.05, 3.63) is 52.3 Å². The highest BCUT2D eigenvalue weighted by atomic mass is 16.5. The van der Waals surface area contributed by atoms with E-state index in [-0.39, 0.29) is 24.3 Å². The molecule has 0 bridgehead atoms. The number of carbonyl (C=O) groups excluding carboxylic acids is 2. The van der Waals surface area contributed by atoms with Gasteiger partial charge in [0.2, 0.25) is 0 Å². The summed E-state index contributed by atoms with van der Waals surface area (Å²) in [7, 11) is 0. The number of aryl methyl sites for hydroxylation is 1. The third kappa shape index (κ3) is 3.07. The van der Waals surface area contributed by atoms with Gasteiger partial charge in [-0.05, 0) is 46.2 Å². The van der Waals surface area contributed by atoms with Gasteiger partial charge in [-0.1, -0.05) is 18.2 Å². The van der Waals surface area contributed by atoms with Gasteiger partial charge in [-0.15, -0.1) is 0 Å². The lowest BCUT2D eigenvalue weighted by Crippen LogP contribution is -2.13. The second-order valence-electron chi connectivity index (χ2n) is 5.48. The molecule has 24 heavy (non-hydrogen) atoms. The van der Waals surface area contributed by atoms with Gasteiger partial charge in [0.25, 0.3) is 0 Å². The minimum Gasteiger partial charge on any atom is -0.462 e. The van der Waals surface area contributed by atoms with E-state index in [9.17, 15) is 9.59 Å². The van der Waals surface area contributed by atoms with Gasteiger partial charge in [-0.3, -0.25) is 0 Å². The highest BCUT2D eigenvalue weighted by molar-refractivity contribution is 6.05. The van der Waals surface area contributed by atoms with Crippen LogP contribution in [0, 0.1) is 20.8 Å². The smallest absolute Gasteiger partial charge is 0.340 e. The van der Waals surface area contributed by atoms with Crippen LogP contribution in [0.1, 0.15) is 51.5 Å². The lowest BCUT2D eigenvalue weighted by Gasteiger charge is -2.12. The predicted molar refractivity (Wildman–Crippen MR) is 91.9 cm³/mol. The number of aromatic nitrogens is 1. The lowest BCUT2D eigenvalue weighted by atomic mass is 10.1. The van der Waals surface area contributed by atoms with E-state index in [1.165, 1.54) is 0 Å². The fourth-order valence-corrected chi connectivity index (χ4v) is 2.92. The summed E-state index contributed by atoms with van der Waals surface area (Å²) in [5, 5.41) is 0. The minimum atomic E-state index is -0.506. The summed E-state index contributed by atoms with van der Waals surface area (Å²) in [6.07, 6.45) is 0. The molecule has 1 aromatic heterocycles. The van der Waals surface area contributed by atoms with E-state index in [0.717, 1.165) is 11.3 Å². The molecule has 0 aliphatic rings. The van der Waals surface area contributed by atoms with Gasteiger partial charge in [-0.25, -0.2) is 9.59 Å². The molecule has 2 rings (SSSR count). The maximum absolute atomic E-state index is 12.4. The van der Waals surface area contributed by atoms with Crippen molar-refractivity contribution < 1.29 is 19.1 Å². The zero-order valence-electron chi connectivity index (χ0n) is 14.8. The molecule has 0 spiro atoms. The Labute approximate surface area is 142 Å². The molecule has 1 heterocycles. The van der Waals surface area contributed by atoms with E-state index in [0.29, 0.717) is 11.4 Å². The fraction of sp³-hybridized carbons (Fsp3) is 0.368. The van der Waals surface area contributed by atoms with Crippen molar-refractivity contribution in [2.75, 3.05) is 13.2 Å². The van der Waals surface area contributed by atoms with Gasteiger partial charge >= 0.3 is 11.9 Å². The molecule has 0 atom stereocenters. The molecule has 0 amide bonds. The van der Waals surface area contributed by atoms with Gasteiger partial charge in [0.1, 0.15) is 0 Å². The number of ether oxygens (including phenoxy) is 2. The SMILES string of the molecule is CCOC(=O)c1c(C(=O)OCC)c(C)n(-c2ccccc2C)c1C. The van der Waals surface area contributed by atoms with Gasteiger partial charge in [0, 0.05) is 17.1 Å². The average molecular weight is 329 g/mol. The number of hydrogen-bond acceptors (Lipinski definition) is 4. The summed E-state index contributed by atoms with van der Waals surface area (Å²) < 4.78 is 12.2. The molecule has 0 unspecified atom stereocenters. The third-order valence-corrected chi connectivity index (χ3v) is 3.96. The molecule has 0 fully saturated rings. The van der Waals surface area contributed by atoms with E-state index in [1.54, 1.807) is 13.8 Å². The van der Waals surface area contributed by atoms with Gasteiger partial charge < -0.3 is 14.0 Å². The second kappa shape index (κ2) is 7.34. The Balaban J connectivity index is 2.75. The molecular weight excluding hydrogens is 306 g/mol. The average Bonchev–Trinajstić information content (AvgIpc) is 2.79. The highest BCUT2D eigenvalue weighted by Crippen LogP contribution is 2.29. The quantitative estimate of drug-likeness (QED) is 0.784. The largest absolute Gasteiger partial charge is 0.462 e. The van der Waals surface area contributed by atoms with Crippen molar-refractivity contribution >= 4 is 11.9 Å². The molecule has 0 N–H and O–H groups in total. The van der Waals surface area contributed by atoms with Crippen LogP contribution < -0.4 is 0 Å². The first-order valence-corrected chi connectivity index (χ1v) is 8.06. The van der Waals surface area contributed by atoms with E-state index in [1.807, 2.05) is 49.6 Å². The van der Waals surface area contributed by atoms with Crippen LogP contribution in [0.25, 0.3) is 5.69 Å². The topological polar surface area (TPSA) is 57.5 Å². The highest BCUT2D eigenvalue weighted by Gasteiger charge is 2.30. The summed E-state index contributed by atoms with van der Waals surface area (Å²) in [5.74, 6) is -1.01. The Kier molecular flexibility index (Phi) is 5.44. The Hall–Kier alpha value is -2.56. The Bertz CT molecular complexity index is 732. The second-order valence-corrected chi connectivity index (χ2v) is 5.48. The van der Waals surface area contributed by atoms with Gasteiger partial charge in [0.05, 0.1) is 24.3 Å². The molecule has 1 aromatic carbocycles. The molecule has 5 heteroatoms. The molecule has 0 aliphatic carbocycles. The third-order valence-electron chi connectivity index (χ3n) is 3.96. The van der Waals surface area contributed by atoms with Crippen LogP contribution in [0.5, 0.6) is 0 Å². The maximum atomic E-state index is 12.4. The van der Waals surface area contributed by atoms with Crippen LogP contribution in [0.2, 0.25) is 0 Å². The Morgan fingerprint density at radius 2 is 1.33 bits per heavy atom. The van der Waals surface area contributed by atoms with Crippen LogP contribution in [-0.2, 0) is 9.47 Å². The summed E-state index contributed by atoms with van der Waals surface area (Å²) >= 11 is 0. The van der Waals surface area contributed by atoms with Gasteiger partial charge in [-0.2, -0.15) is 0 Å². The van der Waals surface area contributed by atoms with Crippen LogP contribution in [-0.4, -0.2) is 29.7 Å². The summed E-state index contributed by atoms with van der Waals surface area (Å²) in [6, 6.07) is 7.82. The first-order chi connectivity index (χ1) is 11.4. The fourth-order valence-electron chi connectivity index (χ4n) is 2.92. The zero-order chi connectivity index (χ0) is 17.9. The van der Waals surface area contributed by atoms with Gasteiger partial charge in [0.15, 0.2) is 0 Å². The number of benzene rings is 1. The summed E-state index contributed by atoms with van der Waals surface area (Å²) in [4.78, 5) is 24.9. The molecule has 2 aromatic rings. The van der Waals surface area contributed by atoms with E-state index < -0.39 is 11.9 Å². The molecule has 0 radical (unpaired) electrons. The first-order valence-electron chi connectivity index (χ1n) is 8.06. The molecule has 0 saturated heterocycles. The van der Waals surface area contributed by atoms with Crippen molar-refractivity contribution in [3.63, 3.8) is 0 Å². The molecule has 0 aliphatic heterocycles. The zero-order valence-corrected chi connectivity index (χ0v) is 14.8. The normalized spacial score (nSPS) is 10.5. The van der Waals surface area contributed by atoms with Crippen molar-refractivity contribution in [3.8, 4) is 5.69 Å². The number of carbonyl (C=O) groups is 2. The summed E-state index contributed by atoms with van der Waals surface area (Å²) in [5.41, 5.74) is 3.86. The van der Waals surface area contributed by atoms with Crippen LogP contribution in [0.4, 0.5) is 0 Å². The number of rotatable bonds is 5. The maximum Gasteiger partial charge on any atom is 0.340 e. The van der Waals surface area contributed by atoms with E-state index >= 15 is 0 Å². The van der Waals surface area contributed by atoms with Crippen LogP contribution >= 0.6 is 0 Å². The van der Waals surface area contributed by atoms with Crippen molar-refractivity contribution in [1.29, 1.82) is 0 Å². The monoisotopic (exact) mass is 329 g/mol.